The van der Waals surface area contributed by atoms with Crippen molar-refractivity contribution in [3.05, 3.63) is 47.0 Å². The highest BCUT2D eigenvalue weighted by Crippen LogP contribution is 2.76. The van der Waals surface area contributed by atoms with Crippen LogP contribution in [-0.2, 0) is 39.9 Å². The van der Waals surface area contributed by atoms with Gasteiger partial charge in [0.05, 0.1) is 11.5 Å². The molecule has 0 radical (unpaired) electrons. The van der Waals surface area contributed by atoms with Gasteiger partial charge in [0.25, 0.3) is 0 Å². The van der Waals surface area contributed by atoms with Crippen LogP contribution in [0.15, 0.2) is 41.5 Å². The molecule has 10 nitrogen and oxygen atoms in total. The van der Waals surface area contributed by atoms with E-state index in [0.29, 0.717) is 24.2 Å². The van der Waals surface area contributed by atoms with Crippen LogP contribution in [0.25, 0.3) is 0 Å². The van der Waals surface area contributed by atoms with Crippen LogP contribution >= 0.6 is 0 Å². The Kier molecular flexibility index (Phi) is 12.8. The highest BCUT2D eigenvalue weighted by molar-refractivity contribution is 6.03. The molecule has 5 saturated carbocycles. The van der Waals surface area contributed by atoms with Gasteiger partial charge in [-0.15, -0.1) is 0 Å². The Balaban J connectivity index is 0.00000214. The van der Waals surface area contributed by atoms with Gasteiger partial charge < -0.3 is 20.1 Å². The van der Waals surface area contributed by atoms with Crippen molar-refractivity contribution in [2.45, 2.75) is 190 Å². The van der Waals surface area contributed by atoms with Crippen LogP contribution in [-0.4, -0.2) is 52.7 Å². The SMILES string of the molecule is CC(C)C1=C2[C@H]3CC[C@@H]4[C@@]5(C)CC[C@H](OC(=O)[C@H]6C[C@@H](Cc7ccccc7)C6(C)C)C(C)(C)[C@@H]5CC[C@@]4(C)[C@]3(C)CC[C@@]2(NC(=O)C(C)(C)NC(=O)OC(C)(C)C)CC1=O.O=C=O. The minimum absolute atomic E-state index is 0.00166. The Morgan fingerprint density at radius 2 is 1.44 bits per heavy atom. The maximum atomic E-state index is 14.3. The molecule has 0 aromatic heterocycles. The van der Waals surface area contributed by atoms with Gasteiger partial charge in [0.15, 0.2) is 5.78 Å². The Morgan fingerprint density at radius 3 is 2.03 bits per heavy atom. The van der Waals surface area contributed by atoms with E-state index in [4.69, 9.17) is 19.1 Å². The van der Waals surface area contributed by atoms with Gasteiger partial charge in [-0.25, -0.2) is 4.79 Å². The minimum Gasteiger partial charge on any atom is -0.462 e. The molecule has 6 aliphatic carbocycles. The third-order valence-corrected chi connectivity index (χ3v) is 18.4. The molecule has 10 atom stereocenters. The zero-order valence-corrected chi connectivity index (χ0v) is 41.0. The lowest BCUT2D eigenvalue weighted by Crippen LogP contribution is -2.68. The first-order valence-electron chi connectivity index (χ1n) is 23.9. The van der Waals surface area contributed by atoms with Gasteiger partial charge >= 0.3 is 18.2 Å². The van der Waals surface area contributed by atoms with Gasteiger partial charge in [0, 0.05) is 11.8 Å². The summed E-state index contributed by atoms with van der Waals surface area (Å²) in [4.78, 5) is 71.6. The van der Waals surface area contributed by atoms with Gasteiger partial charge in [0.2, 0.25) is 5.91 Å². The quantitative estimate of drug-likeness (QED) is 0.246. The standard InChI is InChI=1S/C52H78N2O6.CO2/c1-31(2)40-36(55)30-52(53-43(57)48(10,11)54-44(58)60-45(3,4)5)27-26-50(13)34(41(40)52)20-21-38-49(12)24-23-39(47(8,9)37(49)22-25-51(38,50)14)59-42(56)35-29-33(46(35,6)7)28-32-18-16-15-17-19-32;2-1-3/h15-19,31,33-35,37-39H,20-30H2,1-14H3,(H,53,57)(H,54,58);/t33-,34-,35-,37+,38-,39+,49+,50-,51-,52-;/m1./s1. The maximum Gasteiger partial charge on any atom is 0.408 e. The van der Waals surface area contributed by atoms with Crippen molar-refractivity contribution in [2.24, 2.45) is 62.6 Å². The summed E-state index contributed by atoms with van der Waals surface area (Å²) in [5.41, 5.74) is 0.505. The van der Waals surface area contributed by atoms with E-state index < -0.39 is 22.8 Å². The highest BCUT2D eigenvalue weighted by atomic mass is 16.6. The van der Waals surface area contributed by atoms with Gasteiger partial charge in [-0.05, 0) is 167 Å². The molecule has 0 spiro atoms. The number of hydrogen-bond donors (Lipinski definition) is 2. The molecule has 6 aliphatic rings. The first-order valence-corrected chi connectivity index (χ1v) is 23.9. The number of fused-ring (bicyclic) bond motifs is 7. The normalized spacial score (nSPS) is 36.4. The van der Waals surface area contributed by atoms with Crippen LogP contribution in [0.5, 0.6) is 0 Å². The summed E-state index contributed by atoms with van der Waals surface area (Å²) in [5, 5.41) is 6.25. The van der Waals surface area contributed by atoms with Crippen LogP contribution in [0.2, 0.25) is 0 Å². The number of ketones is 1. The fourth-order valence-corrected chi connectivity index (χ4v) is 14.8. The topological polar surface area (TPSA) is 145 Å². The Morgan fingerprint density at radius 1 is 0.810 bits per heavy atom. The summed E-state index contributed by atoms with van der Waals surface area (Å²) in [5.74, 6) is 1.38. The van der Waals surface area contributed by atoms with Gasteiger partial charge in [-0.2, -0.15) is 9.59 Å². The first kappa shape index (κ1) is 48.7. The van der Waals surface area contributed by atoms with Gasteiger partial charge in [-0.1, -0.05) is 92.6 Å². The second kappa shape index (κ2) is 16.6. The molecule has 0 bridgehead atoms. The molecule has 0 unspecified atom stereocenters. The summed E-state index contributed by atoms with van der Waals surface area (Å²) < 4.78 is 12.2. The zero-order chi connectivity index (χ0) is 46.9. The van der Waals surface area contributed by atoms with E-state index in [2.05, 4.69) is 103 Å². The fourth-order valence-electron chi connectivity index (χ4n) is 14.8. The predicted molar refractivity (Wildman–Crippen MR) is 242 cm³/mol. The van der Waals surface area contributed by atoms with Crippen LogP contribution in [0.3, 0.4) is 0 Å². The monoisotopic (exact) mass is 871 g/mol. The second-order valence-electron chi connectivity index (χ2n) is 24.3. The molecule has 0 saturated heterocycles. The number of ether oxygens (including phenoxy) is 2. The second-order valence-corrected chi connectivity index (χ2v) is 24.3. The average molecular weight is 871 g/mol. The molecule has 10 heteroatoms. The van der Waals surface area contributed by atoms with Crippen LogP contribution in [0.4, 0.5) is 4.79 Å². The van der Waals surface area contributed by atoms with Crippen molar-refractivity contribution < 1.29 is 38.2 Å². The van der Waals surface area contributed by atoms with Gasteiger partial charge in [-0.3, -0.25) is 14.4 Å². The number of Topliss-reactive ketones (excluding diaryl/α,β-unsaturated/α-hetero) is 1. The average Bonchev–Trinajstić information content (AvgIpc) is 3.46. The highest BCUT2D eigenvalue weighted by Gasteiger charge is 2.70. The molecule has 2 N–H and O–H groups in total. The Labute approximate surface area is 377 Å². The number of benzene rings is 1. The van der Waals surface area contributed by atoms with E-state index >= 15 is 0 Å². The van der Waals surface area contributed by atoms with E-state index in [1.807, 2.05) is 0 Å². The molecule has 0 heterocycles. The van der Waals surface area contributed by atoms with Crippen molar-refractivity contribution >= 4 is 29.9 Å². The summed E-state index contributed by atoms with van der Waals surface area (Å²) in [6, 6.07) is 10.6. The lowest BCUT2D eigenvalue weighted by molar-refractivity contribution is -0.235. The smallest absolute Gasteiger partial charge is 0.408 e. The van der Waals surface area contributed by atoms with Crippen LogP contribution in [0.1, 0.15) is 167 Å². The molecule has 1 aromatic carbocycles. The number of esters is 1. The Bertz CT molecular complexity index is 2020. The van der Waals surface area contributed by atoms with Crippen molar-refractivity contribution in [2.75, 3.05) is 0 Å². The lowest BCUT2D eigenvalue weighted by Gasteiger charge is -2.72. The molecule has 5 fully saturated rings. The molecule has 7 rings (SSSR count). The van der Waals surface area contributed by atoms with Gasteiger partial charge in [0.1, 0.15) is 17.2 Å². The molecule has 348 valence electrons. The first-order chi connectivity index (χ1) is 29.0. The van der Waals surface area contributed by atoms with Crippen LogP contribution in [0, 0.1) is 62.6 Å². The molecular weight excluding hydrogens is 793 g/mol. The van der Waals surface area contributed by atoms with Crippen molar-refractivity contribution in [1.82, 2.24) is 10.6 Å². The number of carbonyl (C=O) groups excluding carboxylic acids is 6. The van der Waals surface area contributed by atoms with E-state index in [9.17, 15) is 19.2 Å². The molecular formula is C53H78N2O8. The fraction of sp³-hybridized carbons (Fsp3) is 0.755. The minimum atomic E-state index is -1.25. The van der Waals surface area contributed by atoms with Crippen molar-refractivity contribution in [3.63, 3.8) is 0 Å². The molecule has 2 amide bonds. The maximum absolute atomic E-state index is 14.3. The van der Waals surface area contributed by atoms with Crippen molar-refractivity contribution in [3.8, 4) is 0 Å². The largest absolute Gasteiger partial charge is 0.462 e. The molecule has 0 aliphatic heterocycles. The van der Waals surface area contributed by atoms with E-state index in [-0.39, 0.29) is 81.2 Å². The lowest BCUT2D eigenvalue weighted by atomic mass is 9.33. The number of hydrogen-bond acceptors (Lipinski definition) is 8. The number of allylic oxidation sites excluding steroid dienone is 1. The molecule has 63 heavy (non-hydrogen) atoms. The number of rotatable bonds is 8. The number of carbonyl (C=O) groups is 4. The molecule has 1 aromatic rings. The van der Waals surface area contributed by atoms with Crippen molar-refractivity contribution in [1.29, 1.82) is 0 Å². The summed E-state index contributed by atoms with van der Waals surface area (Å²) >= 11 is 0. The zero-order valence-electron chi connectivity index (χ0n) is 41.0. The Hall–Kier alpha value is -3.78. The van der Waals surface area contributed by atoms with E-state index in [1.54, 1.807) is 34.6 Å². The number of amides is 2. The summed E-state index contributed by atoms with van der Waals surface area (Å²) in [7, 11) is 0. The third kappa shape index (κ3) is 8.26. The third-order valence-electron chi connectivity index (χ3n) is 18.4. The van der Waals surface area contributed by atoms with E-state index in [1.165, 1.54) is 11.1 Å². The van der Waals surface area contributed by atoms with E-state index in [0.717, 1.165) is 63.4 Å². The summed E-state index contributed by atoms with van der Waals surface area (Å²) in [6.45, 7) is 30.0. The summed E-state index contributed by atoms with van der Waals surface area (Å²) in [6.07, 6.45) is 9.45. The number of nitrogens with one attached hydrogen (secondary N) is 2. The number of alkyl carbamates (subject to hydrolysis) is 1. The predicted octanol–water partition coefficient (Wildman–Crippen LogP) is 10.4. The van der Waals surface area contributed by atoms with Crippen LogP contribution < -0.4 is 10.6 Å².